The highest BCUT2D eigenvalue weighted by molar-refractivity contribution is 6.03. The molecule has 4 nitrogen and oxygen atoms in total. The molecular formula is C14H17N3O. The van der Waals surface area contributed by atoms with Gasteiger partial charge in [-0.3, -0.25) is 9.48 Å². The zero-order valence-corrected chi connectivity index (χ0v) is 10.7. The molecule has 1 aromatic carbocycles. The maximum Gasteiger partial charge on any atom is 0.256 e. The predicted octanol–water partition coefficient (Wildman–Crippen LogP) is 2.72. The topological polar surface area (TPSA) is 46.9 Å². The number of carbonyl (C=O) groups is 1. The van der Waals surface area contributed by atoms with E-state index < -0.39 is 0 Å². The third kappa shape index (κ3) is 2.77. The number of carbonyl (C=O) groups excluding carboxylic acids is 1. The van der Waals surface area contributed by atoms with Gasteiger partial charge in [0.1, 0.15) is 0 Å². The average Bonchev–Trinajstić information content (AvgIpc) is 2.86. The van der Waals surface area contributed by atoms with Gasteiger partial charge >= 0.3 is 0 Å². The summed E-state index contributed by atoms with van der Waals surface area (Å²) >= 11 is 0. The van der Waals surface area contributed by atoms with Gasteiger partial charge in [0.15, 0.2) is 5.82 Å². The summed E-state index contributed by atoms with van der Waals surface area (Å²) in [5.41, 5.74) is 1.82. The Morgan fingerprint density at radius 3 is 2.83 bits per heavy atom. The summed E-state index contributed by atoms with van der Waals surface area (Å²) in [6, 6.07) is 9.43. The van der Waals surface area contributed by atoms with Crippen LogP contribution in [-0.2, 0) is 13.0 Å². The van der Waals surface area contributed by atoms with E-state index >= 15 is 0 Å². The van der Waals surface area contributed by atoms with Gasteiger partial charge in [0.05, 0.1) is 0 Å². The maximum absolute atomic E-state index is 12.0. The molecule has 1 heterocycles. The number of hydrogen-bond acceptors (Lipinski definition) is 2. The molecule has 0 aliphatic carbocycles. The summed E-state index contributed by atoms with van der Waals surface area (Å²) in [6.45, 7) is 4.87. The highest BCUT2D eigenvalue weighted by Crippen LogP contribution is 2.09. The number of anilines is 1. The standard InChI is InChI=1S/C14H17N3O/c1-3-11-6-5-7-12(10-11)14(18)15-13-8-9-17(4-2)16-13/h5-10H,3-4H2,1-2H3,(H,15,16,18). The fourth-order valence-electron chi connectivity index (χ4n) is 1.73. The summed E-state index contributed by atoms with van der Waals surface area (Å²) in [5, 5.41) is 7.01. The van der Waals surface area contributed by atoms with Crippen LogP contribution in [0, 0.1) is 0 Å². The lowest BCUT2D eigenvalue weighted by molar-refractivity contribution is 0.102. The number of benzene rings is 1. The van der Waals surface area contributed by atoms with Crippen LogP contribution in [-0.4, -0.2) is 15.7 Å². The third-order valence-electron chi connectivity index (χ3n) is 2.80. The molecule has 1 aromatic heterocycles. The van der Waals surface area contributed by atoms with Crippen molar-refractivity contribution in [1.29, 1.82) is 0 Å². The lowest BCUT2D eigenvalue weighted by Crippen LogP contribution is -2.13. The summed E-state index contributed by atoms with van der Waals surface area (Å²) in [4.78, 5) is 12.0. The molecule has 0 atom stereocenters. The van der Waals surface area contributed by atoms with Crippen molar-refractivity contribution in [3.05, 3.63) is 47.7 Å². The van der Waals surface area contributed by atoms with E-state index in [2.05, 4.69) is 17.3 Å². The second kappa shape index (κ2) is 5.49. The molecule has 0 saturated carbocycles. The van der Waals surface area contributed by atoms with Crippen molar-refractivity contribution >= 4 is 11.7 Å². The van der Waals surface area contributed by atoms with Crippen molar-refractivity contribution < 1.29 is 4.79 Å². The Morgan fingerprint density at radius 1 is 1.33 bits per heavy atom. The molecule has 1 amide bonds. The minimum Gasteiger partial charge on any atom is -0.305 e. The van der Waals surface area contributed by atoms with E-state index in [4.69, 9.17) is 0 Å². The lowest BCUT2D eigenvalue weighted by atomic mass is 10.1. The quantitative estimate of drug-likeness (QED) is 0.897. The maximum atomic E-state index is 12.0. The first-order valence-electron chi connectivity index (χ1n) is 6.16. The average molecular weight is 243 g/mol. The number of hydrogen-bond donors (Lipinski definition) is 1. The normalized spacial score (nSPS) is 10.3. The molecule has 2 aromatic rings. The summed E-state index contributed by atoms with van der Waals surface area (Å²) in [7, 11) is 0. The monoisotopic (exact) mass is 243 g/mol. The highest BCUT2D eigenvalue weighted by Gasteiger charge is 2.07. The van der Waals surface area contributed by atoms with Gasteiger partial charge in [0.2, 0.25) is 0 Å². The Labute approximate surface area is 107 Å². The number of nitrogens with zero attached hydrogens (tertiary/aromatic N) is 2. The first-order valence-corrected chi connectivity index (χ1v) is 6.16. The van der Waals surface area contributed by atoms with Crippen molar-refractivity contribution in [3.8, 4) is 0 Å². The van der Waals surface area contributed by atoms with Crippen LogP contribution in [0.2, 0.25) is 0 Å². The van der Waals surface area contributed by atoms with Gasteiger partial charge in [-0.05, 0) is 31.0 Å². The van der Waals surface area contributed by atoms with Gasteiger partial charge in [0, 0.05) is 24.4 Å². The zero-order valence-electron chi connectivity index (χ0n) is 10.7. The molecule has 0 unspecified atom stereocenters. The Balaban J connectivity index is 2.11. The molecule has 4 heteroatoms. The van der Waals surface area contributed by atoms with Crippen LogP contribution in [0.25, 0.3) is 0 Å². The van der Waals surface area contributed by atoms with E-state index in [0.717, 1.165) is 18.5 Å². The molecule has 94 valence electrons. The van der Waals surface area contributed by atoms with Gasteiger partial charge < -0.3 is 5.32 Å². The van der Waals surface area contributed by atoms with E-state index in [1.54, 1.807) is 10.7 Å². The summed E-state index contributed by atoms with van der Waals surface area (Å²) in [5.74, 6) is 0.468. The molecule has 18 heavy (non-hydrogen) atoms. The molecular weight excluding hydrogens is 226 g/mol. The van der Waals surface area contributed by atoms with Gasteiger partial charge in [-0.2, -0.15) is 5.10 Å². The van der Waals surface area contributed by atoms with Gasteiger partial charge in [0.25, 0.3) is 5.91 Å². The number of aryl methyl sites for hydroxylation is 2. The van der Waals surface area contributed by atoms with Gasteiger partial charge in [-0.1, -0.05) is 19.1 Å². The van der Waals surface area contributed by atoms with Crippen LogP contribution in [0.3, 0.4) is 0 Å². The van der Waals surface area contributed by atoms with Crippen molar-refractivity contribution in [2.75, 3.05) is 5.32 Å². The Hall–Kier alpha value is -2.10. The van der Waals surface area contributed by atoms with Crippen LogP contribution < -0.4 is 5.32 Å². The molecule has 2 rings (SSSR count). The molecule has 0 aliphatic rings. The van der Waals surface area contributed by atoms with Crippen LogP contribution in [0.1, 0.15) is 29.8 Å². The third-order valence-corrected chi connectivity index (χ3v) is 2.80. The largest absolute Gasteiger partial charge is 0.305 e. The van der Waals surface area contributed by atoms with Crippen molar-refractivity contribution in [3.63, 3.8) is 0 Å². The number of nitrogens with one attached hydrogen (secondary N) is 1. The van der Waals surface area contributed by atoms with E-state index in [1.165, 1.54) is 0 Å². The molecule has 0 spiro atoms. The molecule has 0 bridgehead atoms. The number of aromatic nitrogens is 2. The molecule has 0 aliphatic heterocycles. The second-order valence-electron chi connectivity index (χ2n) is 4.06. The first kappa shape index (κ1) is 12.4. The molecule has 0 fully saturated rings. The van der Waals surface area contributed by atoms with Gasteiger partial charge in [-0.25, -0.2) is 0 Å². The molecule has 0 saturated heterocycles. The smallest absolute Gasteiger partial charge is 0.256 e. The number of amides is 1. The van der Waals surface area contributed by atoms with Crippen LogP contribution in [0.5, 0.6) is 0 Å². The lowest BCUT2D eigenvalue weighted by Gasteiger charge is -2.04. The van der Waals surface area contributed by atoms with E-state index in [9.17, 15) is 4.79 Å². The predicted molar refractivity (Wildman–Crippen MR) is 71.7 cm³/mol. The summed E-state index contributed by atoms with van der Waals surface area (Å²) in [6.07, 6.45) is 2.77. The van der Waals surface area contributed by atoms with E-state index in [-0.39, 0.29) is 5.91 Å². The first-order chi connectivity index (χ1) is 8.72. The van der Waals surface area contributed by atoms with Crippen LogP contribution >= 0.6 is 0 Å². The SMILES string of the molecule is CCc1cccc(C(=O)Nc2ccn(CC)n2)c1. The van der Waals surface area contributed by atoms with Crippen molar-refractivity contribution in [2.45, 2.75) is 26.8 Å². The van der Waals surface area contributed by atoms with Crippen molar-refractivity contribution in [1.82, 2.24) is 9.78 Å². The Bertz CT molecular complexity index is 545. The molecule has 0 radical (unpaired) electrons. The number of rotatable bonds is 4. The Morgan fingerprint density at radius 2 is 2.17 bits per heavy atom. The van der Waals surface area contributed by atoms with Crippen molar-refractivity contribution in [2.24, 2.45) is 0 Å². The second-order valence-corrected chi connectivity index (χ2v) is 4.06. The minimum absolute atomic E-state index is 0.119. The van der Waals surface area contributed by atoms with Crippen LogP contribution in [0.4, 0.5) is 5.82 Å². The highest BCUT2D eigenvalue weighted by atomic mass is 16.1. The van der Waals surface area contributed by atoms with Gasteiger partial charge in [-0.15, -0.1) is 0 Å². The molecule has 1 N–H and O–H groups in total. The van der Waals surface area contributed by atoms with E-state index in [1.807, 2.05) is 37.4 Å². The fraction of sp³-hybridized carbons (Fsp3) is 0.286. The summed E-state index contributed by atoms with van der Waals surface area (Å²) < 4.78 is 1.78. The zero-order chi connectivity index (χ0) is 13.0. The van der Waals surface area contributed by atoms with E-state index in [0.29, 0.717) is 11.4 Å². The van der Waals surface area contributed by atoms with Crippen LogP contribution in [0.15, 0.2) is 36.5 Å². The fourth-order valence-corrected chi connectivity index (χ4v) is 1.73. The Kier molecular flexibility index (Phi) is 3.77. The minimum atomic E-state index is -0.119.